The molecule has 0 atom stereocenters. The van der Waals surface area contributed by atoms with Crippen molar-refractivity contribution in [2.45, 2.75) is 41.0 Å². The Labute approximate surface area is 182 Å². The average Bonchev–Trinajstić information content (AvgIpc) is 2.91. The van der Waals surface area contributed by atoms with Gasteiger partial charge in [-0.15, -0.1) is 11.3 Å². The number of thiazole rings is 1. The third kappa shape index (κ3) is 5.19. The molecular weight excluding hydrogens is 398 g/mol. The van der Waals surface area contributed by atoms with E-state index >= 15 is 0 Å². The molecule has 1 aliphatic heterocycles. The Bertz CT molecular complexity index is 922. The lowest BCUT2D eigenvalue weighted by Crippen LogP contribution is -2.37. The highest BCUT2D eigenvalue weighted by Crippen LogP contribution is 2.31. The van der Waals surface area contributed by atoms with E-state index in [1.165, 1.54) is 16.9 Å². The summed E-state index contributed by atoms with van der Waals surface area (Å²) in [6.07, 6.45) is 0.453. The molecule has 1 fully saturated rings. The minimum atomic E-state index is -0.288. The van der Waals surface area contributed by atoms with Crippen molar-refractivity contribution in [3.05, 3.63) is 39.9 Å². The molecule has 2 heterocycles. The molecular formula is C23H31N3O3S. The number of ether oxygens (including phenoxy) is 1. The quantitative estimate of drug-likeness (QED) is 0.708. The predicted octanol–water partition coefficient (Wildman–Crippen LogP) is 4.68. The van der Waals surface area contributed by atoms with Crippen LogP contribution in [0, 0.1) is 26.7 Å². The molecule has 6 nitrogen and oxygen atoms in total. The molecule has 30 heavy (non-hydrogen) atoms. The molecule has 162 valence electrons. The van der Waals surface area contributed by atoms with Gasteiger partial charge in [0.15, 0.2) is 0 Å². The zero-order chi connectivity index (χ0) is 21.8. The van der Waals surface area contributed by atoms with Crippen molar-refractivity contribution in [3.8, 4) is 10.6 Å². The van der Waals surface area contributed by atoms with Gasteiger partial charge in [-0.1, -0.05) is 37.6 Å². The molecule has 1 saturated heterocycles. The van der Waals surface area contributed by atoms with E-state index in [-0.39, 0.29) is 12.0 Å². The van der Waals surface area contributed by atoms with Crippen LogP contribution in [0.3, 0.4) is 0 Å². The maximum absolute atomic E-state index is 13.2. The minimum Gasteiger partial charge on any atom is -0.449 e. The van der Waals surface area contributed by atoms with Crippen molar-refractivity contribution in [1.82, 2.24) is 14.8 Å². The zero-order valence-electron chi connectivity index (χ0n) is 18.5. The second-order valence-corrected chi connectivity index (χ2v) is 9.35. The van der Waals surface area contributed by atoms with Crippen LogP contribution in [0.4, 0.5) is 4.79 Å². The summed E-state index contributed by atoms with van der Waals surface area (Å²) >= 11 is 1.45. The lowest BCUT2D eigenvalue weighted by Gasteiger charge is -2.22. The summed E-state index contributed by atoms with van der Waals surface area (Å²) in [7, 11) is 0. The third-order valence-corrected chi connectivity index (χ3v) is 6.36. The highest BCUT2D eigenvalue weighted by atomic mass is 32.1. The van der Waals surface area contributed by atoms with Gasteiger partial charge in [0.2, 0.25) is 0 Å². The van der Waals surface area contributed by atoms with E-state index in [0.717, 1.165) is 28.2 Å². The molecule has 7 heteroatoms. The van der Waals surface area contributed by atoms with Gasteiger partial charge >= 0.3 is 6.09 Å². The maximum Gasteiger partial charge on any atom is 0.409 e. The fourth-order valence-corrected chi connectivity index (χ4v) is 4.66. The molecule has 0 unspecified atom stereocenters. The summed E-state index contributed by atoms with van der Waals surface area (Å²) in [6.45, 7) is 12.7. The van der Waals surface area contributed by atoms with Crippen molar-refractivity contribution >= 4 is 23.3 Å². The Balaban J connectivity index is 1.70. The first kappa shape index (κ1) is 22.3. The second-order valence-electron chi connectivity index (χ2n) is 8.36. The number of rotatable bonds is 4. The Morgan fingerprint density at radius 3 is 2.50 bits per heavy atom. The van der Waals surface area contributed by atoms with Gasteiger partial charge in [-0.05, 0) is 38.7 Å². The van der Waals surface area contributed by atoms with Gasteiger partial charge in [0.25, 0.3) is 5.91 Å². The molecule has 3 rings (SSSR count). The number of hydrogen-bond donors (Lipinski definition) is 0. The summed E-state index contributed by atoms with van der Waals surface area (Å²) in [5, 5.41) is 0.877. The smallest absolute Gasteiger partial charge is 0.409 e. The van der Waals surface area contributed by atoms with Crippen LogP contribution in [0.1, 0.15) is 46.8 Å². The van der Waals surface area contributed by atoms with E-state index in [2.05, 4.69) is 37.0 Å². The largest absolute Gasteiger partial charge is 0.449 e. The molecule has 0 spiro atoms. The van der Waals surface area contributed by atoms with E-state index in [0.29, 0.717) is 43.6 Å². The monoisotopic (exact) mass is 429 g/mol. The van der Waals surface area contributed by atoms with Gasteiger partial charge in [0, 0.05) is 31.7 Å². The molecule has 2 aromatic rings. The first-order chi connectivity index (χ1) is 14.3. The van der Waals surface area contributed by atoms with Crippen LogP contribution in [-0.4, -0.2) is 59.6 Å². The number of benzene rings is 1. The van der Waals surface area contributed by atoms with Crippen LogP contribution in [0.2, 0.25) is 0 Å². The van der Waals surface area contributed by atoms with Crippen molar-refractivity contribution in [3.63, 3.8) is 0 Å². The molecule has 0 aliphatic carbocycles. The molecule has 0 saturated carbocycles. The van der Waals surface area contributed by atoms with Crippen LogP contribution in [0.5, 0.6) is 0 Å². The number of amides is 2. The topological polar surface area (TPSA) is 62.7 Å². The molecule has 1 aromatic carbocycles. The number of carbonyl (C=O) groups excluding carboxylic acids is 2. The number of aryl methyl sites for hydroxylation is 3. The van der Waals surface area contributed by atoms with E-state index < -0.39 is 0 Å². The van der Waals surface area contributed by atoms with E-state index in [9.17, 15) is 9.59 Å². The number of aromatic nitrogens is 1. The fourth-order valence-electron chi connectivity index (χ4n) is 3.54. The molecule has 2 amide bonds. The van der Waals surface area contributed by atoms with Crippen LogP contribution < -0.4 is 0 Å². The summed E-state index contributed by atoms with van der Waals surface area (Å²) in [5.41, 5.74) is 4.20. The summed E-state index contributed by atoms with van der Waals surface area (Å²) in [5.74, 6) is 0.304. The van der Waals surface area contributed by atoms with Crippen molar-refractivity contribution in [1.29, 1.82) is 0 Å². The lowest BCUT2D eigenvalue weighted by molar-refractivity contribution is 0.0750. The standard InChI is InChI=1S/C23H31N3O3S/c1-15(2)14-29-23(28)26-10-6-9-25(11-12-26)22(27)20-18(5)24-21(30-20)19-8-7-16(3)13-17(19)4/h7-8,13,15H,6,9-12,14H2,1-5H3. The molecule has 0 bridgehead atoms. The SMILES string of the molecule is Cc1ccc(-c2nc(C)c(C(=O)N3CCCN(C(=O)OCC(C)C)CC3)s2)c(C)c1. The van der Waals surface area contributed by atoms with Gasteiger partial charge in [0.1, 0.15) is 9.88 Å². The van der Waals surface area contributed by atoms with Crippen LogP contribution in [-0.2, 0) is 4.74 Å². The first-order valence-electron chi connectivity index (χ1n) is 10.5. The first-order valence-corrected chi connectivity index (χ1v) is 11.3. The predicted molar refractivity (Wildman–Crippen MR) is 120 cm³/mol. The van der Waals surface area contributed by atoms with Crippen molar-refractivity contribution in [2.75, 3.05) is 32.8 Å². The van der Waals surface area contributed by atoms with E-state index in [1.807, 2.05) is 25.7 Å². The Hall–Kier alpha value is -2.41. The summed E-state index contributed by atoms with van der Waals surface area (Å²) in [4.78, 5) is 34.4. The van der Waals surface area contributed by atoms with Crippen LogP contribution >= 0.6 is 11.3 Å². The summed E-state index contributed by atoms with van der Waals surface area (Å²) in [6, 6.07) is 6.28. The van der Waals surface area contributed by atoms with E-state index in [1.54, 1.807) is 4.90 Å². The maximum atomic E-state index is 13.2. The average molecular weight is 430 g/mol. The number of nitrogens with zero attached hydrogens (tertiary/aromatic N) is 3. The molecule has 0 radical (unpaired) electrons. The zero-order valence-corrected chi connectivity index (χ0v) is 19.3. The van der Waals surface area contributed by atoms with E-state index in [4.69, 9.17) is 4.74 Å². The van der Waals surface area contributed by atoms with Gasteiger partial charge < -0.3 is 14.5 Å². The highest BCUT2D eigenvalue weighted by Gasteiger charge is 2.26. The minimum absolute atomic E-state index is 0.00147. The lowest BCUT2D eigenvalue weighted by atomic mass is 10.1. The second kappa shape index (κ2) is 9.60. The molecule has 0 N–H and O–H groups in total. The Morgan fingerprint density at radius 2 is 1.80 bits per heavy atom. The van der Waals surface area contributed by atoms with Gasteiger partial charge in [-0.2, -0.15) is 0 Å². The normalized spacial score (nSPS) is 14.7. The highest BCUT2D eigenvalue weighted by molar-refractivity contribution is 7.17. The van der Waals surface area contributed by atoms with Crippen molar-refractivity contribution in [2.24, 2.45) is 5.92 Å². The molecule has 1 aliphatic rings. The third-order valence-electron chi connectivity index (χ3n) is 5.18. The fraction of sp³-hybridized carbons (Fsp3) is 0.522. The van der Waals surface area contributed by atoms with Crippen molar-refractivity contribution < 1.29 is 14.3 Å². The van der Waals surface area contributed by atoms with Gasteiger partial charge in [-0.3, -0.25) is 4.79 Å². The van der Waals surface area contributed by atoms with Crippen LogP contribution in [0.25, 0.3) is 10.6 Å². The Morgan fingerprint density at radius 1 is 1.10 bits per heavy atom. The van der Waals surface area contributed by atoms with Gasteiger partial charge in [-0.25, -0.2) is 9.78 Å². The number of hydrogen-bond acceptors (Lipinski definition) is 5. The Kier molecular flexibility index (Phi) is 7.13. The van der Waals surface area contributed by atoms with Crippen LogP contribution in [0.15, 0.2) is 18.2 Å². The summed E-state index contributed by atoms with van der Waals surface area (Å²) < 4.78 is 5.35. The molecule has 1 aromatic heterocycles. The number of carbonyl (C=O) groups is 2. The van der Waals surface area contributed by atoms with Gasteiger partial charge in [0.05, 0.1) is 12.3 Å².